The molecule has 0 spiro atoms. The summed E-state index contributed by atoms with van der Waals surface area (Å²) in [5.41, 5.74) is 0.473. The van der Waals surface area contributed by atoms with Gasteiger partial charge < -0.3 is 5.32 Å². The van der Waals surface area contributed by atoms with Gasteiger partial charge in [-0.2, -0.15) is 0 Å². The summed E-state index contributed by atoms with van der Waals surface area (Å²) in [5, 5.41) is 3.55. The second-order valence-electron chi connectivity index (χ2n) is 5.70. The van der Waals surface area contributed by atoms with E-state index < -0.39 is 0 Å². The first-order chi connectivity index (χ1) is 6.00. The third-order valence-corrected chi connectivity index (χ3v) is 3.36. The van der Waals surface area contributed by atoms with E-state index in [2.05, 4.69) is 33.0 Å². The lowest BCUT2D eigenvalue weighted by Crippen LogP contribution is -2.25. The van der Waals surface area contributed by atoms with Crippen molar-refractivity contribution >= 4 is 0 Å². The van der Waals surface area contributed by atoms with E-state index in [1.807, 2.05) is 0 Å². The molecule has 0 bridgehead atoms. The Morgan fingerprint density at radius 3 is 2.38 bits per heavy atom. The molecule has 1 heteroatoms. The molecule has 1 aliphatic carbocycles. The fraction of sp³-hybridized carbons (Fsp3) is 1.00. The molecule has 1 fully saturated rings. The van der Waals surface area contributed by atoms with Crippen LogP contribution < -0.4 is 5.32 Å². The lowest BCUT2D eigenvalue weighted by atomic mass is 9.80. The van der Waals surface area contributed by atoms with Crippen LogP contribution in [0.2, 0.25) is 0 Å². The largest absolute Gasteiger partial charge is 0.316 e. The smallest absolute Gasteiger partial charge is 0.00205 e. The Morgan fingerprint density at radius 2 is 1.92 bits per heavy atom. The van der Waals surface area contributed by atoms with Crippen molar-refractivity contribution in [3.8, 4) is 0 Å². The van der Waals surface area contributed by atoms with E-state index in [0.717, 1.165) is 11.8 Å². The Morgan fingerprint density at radius 1 is 1.31 bits per heavy atom. The van der Waals surface area contributed by atoms with Crippen LogP contribution in [0.3, 0.4) is 0 Å². The van der Waals surface area contributed by atoms with Gasteiger partial charge in [-0.15, -0.1) is 0 Å². The maximum atomic E-state index is 3.55. The van der Waals surface area contributed by atoms with Crippen LogP contribution in [-0.4, -0.2) is 13.1 Å². The Bertz CT molecular complexity index is 142. The molecule has 0 aromatic rings. The highest BCUT2D eigenvalue weighted by Gasteiger charge is 2.21. The van der Waals surface area contributed by atoms with E-state index in [0.29, 0.717) is 5.41 Å². The zero-order valence-corrected chi connectivity index (χ0v) is 9.69. The van der Waals surface area contributed by atoms with Crippen molar-refractivity contribution in [1.82, 2.24) is 5.32 Å². The van der Waals surface area contributed by atoms with Crippen LogP contribution >= 0.6 is 0 Å². The Hall–Kier alpha value is -0.0400. The summed E-state index contributed by atoms with van der Waals surface area (Å²) in [6.45, 7) is 11.8. The van der Waals surface area contributed by atoms with Crippen molar-refractivity contribution in [1.29, 1.82) is 0 Å². The van der Waals surface area contributed by atoms with E-state index in [-0.39, 0.29) is 0 Å². The van der Waals surface area contributed by atoms with Gasteiger partial charge in [0.2, 0.25) is 0 Å². The Kier molecular flexibility index (Phi) is 3.78. The van der Waals surface area contributed by atoms with Crippen molar-refractivity contribution < 1.29 is 0 Å². The first-order valence-corrected chi connectivity index (χ1v) is 5.71. The molecule has 1 unspecified atom stereocenters. The van der Waals surface area contributed by atoms with Gasteiger partial charge in [0, 0.05) is 0 Å². The van der Waals surface area contributed by atoms with Crippen LogP contribution in [0.5, 0.6) is 0 Å². The molecule has 0 heterocycles. The molecule has 1 nitrogen and oxygen atoms in total. The minimum absolute atomic E-state index is 0.473. The average Bonchev–Trinajstić information content (AvgIpc) is 2.79. The van der Waals surface area contributed by atoms with Crippen LogP contribution in [0, 0.1) is 17.3 Å². The molecule has 1 N–H and O–H groups in total. The highest BCUT2D eigenvalue weighted by molar-refractivity contribution is 4.76. The molecular formula is C12H25N. The summed E-state index contributed by atoms with van der Waals surface area (Å²) < 4.78 is 0. The summed E-state index contributed by atoms with van der Waals surface area (Å²) in [4.78, 5) is 0. The summed E-state index contributed by atoms with van der Waals surface area (Å²) in [6, 6.07) is 0. The normalized spacial score (nSPS) is 20.3. The predicted octanol–water partition coefficient (Wildman–Crippen LogP) is 3.06. The van der Waals surface area contributed by atoms with E-state index in [1.54, 1.807) is 0 Å². The van der Waals surface area contributed by atoms with Crippen LogP contribution in [0.1, 0.15) is 47.0 Å². The highest BCUT2D eigenvalue weighted by Crippen LogP contribution is 2.29. The number of hydrogen-bond acceptors (Lipinski definition) is 1. The molecule has 1 atom stereocenters. The summed E-state index contributed by atoms with van der Waals surface area (Å²) >= 11 is 0. The van der Waals surface area contributed by atoms with E-state index in [4.69, 9.17) is 0 Å². The molecular weight excluding hydrogens is 158 g/mol. The van der Waals surface area contributed by atoms with Crippen LogP contribution in [0.4, 0.5) is 0 Å². The first kappa shape index (κ1) is 11.0. The lowest BCUT2D eigenvalue weighted by Gasteiger charge is -2.27. The van der Waals surface area contributed by atoms with E-state index >= 15 is 0 Å². The SMILES string of the molecule is CC(CCNCC1CC1)C(C)(C)C. The van der Waals surface area contributed by atoms with Crippen molar-refractivity contribution in [2.45, 2.75) is 47.0 Å². The average molecular weight is 183 g/mol. The molecule has 13 heavy (non-hydrogen) atoms. The molecule has 0 aromatic carbocycles. The maximum Gasteiger partial charge on any atom is -0.00205 e. The number of nitrogens with one attached hydrogen (secondary N) is 1. The van der Waals surface area contributed by atoms with Gasteiger partial charge in [0.05, 0.1) is 0 Å². The van der Waals surface area contributed by atoms with Gasteiger partial charge >= 0.3 is 0 Å². The quantitative estimate of drug-likeness (QED) is 0.646. The van der Waals surface area contributed by atoms with Gasteiger partial charge in [0.15, 0.2) is 0 Å². The van der Waals surface area contributed by atoms with Crippen molar-refractivity contribution in [3.05, 3.63) is 0 Å². The molecule has 1 saturated carbocycles. The standard InChI is InChI=1S/C12H25N/c1-10(12(2,3)4)7-8-13-9-11-5-6-11/h10-11,13H,5-9H2,1-4H3. The Balaban J connectivity index is 1.97. The van der Waals surface area contributed by atoms with Gasteiger partial charge in [-0.1, -0.05) is 27.7 Å². The monoisotopic (exact) mass is 183 g/mol. The zero-order valence-electron chi connectivity index (χ0n) is 9.69. The molecule has 0 aliphatic heterocycles. The van der Waals surface area contributed by atoms with Gasteiger partial charge in [-0.25, -0.2) is 0 Å². The maximum absolute atomic E-state index is 3.55. The van der Waals surface area contributed by atoms with Gasteiger partial charge in [-0.05, 0) is 49.6 Å². The van der Waals surface area contributed by atoms with Crippen molar-refractivity contribution in [3.63, 3.8) is 0 Å². The fourth-order valence-electron chi connectivity index (χ4n) is 1.38. The molecule has 0 amide bonds. The molecule has 78 valence electrons. The molecule has 0 aromatic heterocycles. The summed E-state index contributed by atoms with van der Waals surface area (Å²) in [5.74, 6) is 1.84. The predicted molar refractivity (Wildman–Crippen MR) is 58.8 cm³/mol. The van der Waals surface area contributed by atoms with Crippen molar-refractivity contribution in [2.75, 3.05) is 13.1 Å². The topological polar surface area (TPSA) is 12.0 Å². The summed E-state index contributed by atoms with van der Waals surface area (Å²) in [6.07, 6.45) is 4.24. The Labute approximate surface area is 83.3 Å². The lowest BCUT2D eigenvalue weighted by molar-refractivity contribution is 0.245. The third kappa shape index (κ3) is 4.66. The van der Waals surface area contributed by atoms with Gasteiger partial charge in [-0.3, -0.25) is 0 Å². The van der Waals surface area contributed by atoms with E-state index in [9.17, 15) is 0 Å². The van der Waals surface area contributed by atoms with Gasteiger partial charge in [0.25, 0.3) is 0 Å². The number of hydrogen-bond donors (Lipinski definition) is 1. The van der Waals surface area contributed by atoms with Crippen LogP contribution in [0.25, 0.3) is 0 Å². The van der Waals surface area contributed by atoms with Crippen LogP contribution in [0.15, 0.2) is 0 Å². The highest BCUT2D eigenvalue weighted by atomic mass is 14.9. The van der Waals surface area contributed by atoms with Gasteiger partial charge in [0.1, 0.15) is 0 Å². The van der Waals surface area contributed by atoms with Crippen LogP contribution in [-0.2, 0) is 0 Å². The van der Waals surface area contributed by atoms with E-state index in [1.165, 1.54) is 32.4 Å². The minimum Gasteiger partial charge on any atom is -0.316 e. The molecule has 0 saturated heterocycles. The second-order valence-corrected chi connectivity index (χ2v) is 5.70. The first-order valence-electron chi connectivity index (χ1n) is 5.71. The minimum atomic E-state index is 0.473. The molecule has 0 radical (unpaired) electrons. The number of rotatable bonds is 5. The summed E-state index contributed by atoms with van der Waals surface area (Å²) in [7, 11) is 0. The zero-order chi connectivity index (χ0) is 9.90. The fourth-order valence-corrected chi connectivity index (χ4v) is 1.38. The third-order valence-electron chi connectivity index (χ3n) is 3.36. The second kappa shape index (κ2) is 4.45. The molecule has 1 rings (SSSR count). The van der Waals surface area contributed by atoms with Crippen molar-refractivity contribution in [2.24, 2.45) is 17.3 Å². The molecule has 1 aliphatic rings.